The van der Waals surface area contributed by atoms with Crippen LogP contribution in [0.2, 0.25) is 0 Å². The first-order chi connectivity index (χ1) is 17.9. The lowest BCUT2D eigenvalue weighted by Crippen LogP contribution is -2.24. The highest BCUT2D eigenvalue weighted by atomic mass is 35.7. The summed E-state index contributed by atoms with van der Waals surface area (Å²) >= 11 is 0. The minimum Gasteiger partial charge on any atom is -0.456 e. The van der Waals surface area contributed by atoms with Gasteiger partial charge in [0, 0.05) is 57.4 Å². The zero-order valence-electron chi connectivity index (χ0n) is 21.7. The number of anilines is 1. The second-order valence-electron chi connectivity index (χ2n) is 8.92. The van der Waals surface area contributed by atoms with Gasteiger partial charge in [-0.2, -0.15) is 8.42 Å². The van der Waals surface area contributed by atoms with Gasteiger partial charge in [-0.15, -0.1) is 0 Å². The van der Waals surface area contributed by atoms with Crippen LogP contribution in [-0.2, 0) is 19.2 Å². The lowest BCUT2D eigenvalue weighted by molar-refractivity contribution is 0.471. The number of fused-ring (bicyclic) bond motifs is 2. The maximum absolute atomic E-state index is 12.5. The number of hydrogen-bond acceptors (Lipinski definition) is 6. The topological polar surface area (TPSA) is 101 Å². The summed E-state index contributed by atoms with van der Waals surface area (Å²) in [4.78, 5) is 1.18. The molecule has 7 nitrogen and oxygen atoms in total. The van der Waals surface area contributed by atoms with E-state index in [-0.39, 0.29) is 5.56 Å². The predicted octanol–water partition coefficient (Wildman–Crippen LogP) is 5.03. The van der Waals surface area contributed by atoms with Gasteiger partial charge in [-0.3, -0.25) is 4.55 Å². The Hall–Kier alpha value is -2.85. The molecule has 10 heteroatoms. The maximum atomic E-state index is 12.5. The molecule has 1 N–H and O–H groups in total. The highest BCUT2D eigenvalue weighted by molar-refractivity contribution is 8.13. The molecule has 1 aliphatic heterocycles. The highest BCUT2D eigenvalue weighted by Crippen LogP contribution is 2.40. The van der Waals surface area contributed by atoms with E-state index in [0.717, 1.165) is 42.9 Å². The number of rotatable bonds is 8. The van der Waals surface area contributed by atoms with Crippen molar-refractivity contribution in [1.82, 2.24) is 0 Å². The number of ether oxygens (including phenoxy) is 1. The molecule has 0 aromatic heterocycles. The summed E-state index contributed by atoms with van der Waals surface area (Å²) in [5, 5.41) is 1.64. The summed E-state index contributed by atoms with van der Waals surface area (Å²) in [6, 6.07) is 14.9. The van der Waals surface area contributed by atoms with E-state index in [1.165, 1.54) is 17.7 Å². The molecule has 0 aliphatic carbocycles. The summed E-state index contributed by atoms with van der Waals surface area (Å²) in [7, 11) is -3.58. The molecule has 38 heavy (non-hydrogen) atoms. The third-order valence-electron chi connectivity index (χ3n) is 6.88. The normalized spacial score (nSPS) is 12.9. The highest BCUT2D eigenvalue weighted by Gasteiger charge is 2.28. The molecule has 0 amide bonds. The second-order valence-corrected chi connectivity index (χ2v) is 12.9. The minimum atomic E-state index is -4.83. The van der Waals surface area contributed by atoms with E-state index in [9.17, 15) is 21.4 Å². The summed E-state index contributed by atoms with van der Waals surface area (Å²) in [5.41, 5.74) is 3.44. The largest absolute Gasteiger partial charge is 0.456 e. The Balaban J connectivity index is 2.14. The zero-order chi connectivity index (χ0) is 27.8. The minimum absolute atomic E-state index is 0.140. The summed E-state index contributed by atoms with van der Waals surface area (Å²) < 4.78 is 65.5. The summed E-state index contributed by atoms with van der Waals surface area (Å²) in [6.07, 6.45) is 1.74. The third-order valence-corrected chi connectivity index (χ3v) is 9.12. The Morgan fingerprint density at radius 3 is 2.08 bits per heavy atom. The van der Waals surface area contributed by atoms with Crippen molar-refractivity contribution in [3.8, 4) is 11.5 Å². The van der Waals surface area contributed by atoms with Gasteiger partial charge in [-0.25, -0.2) is 8.42 Å². The molecule has 0 spiro atoms. The van der Waals surface area contributed by atoms with E-state index >= 15 is 0 Å². The van der Waals surface area contributed by atoms with E-state index in [4.69, 9.17) is 15.4 Å². The SMILES string of the molecule is CCC(CC)=c1ccc2c(c1)Oc1cc(N(CC)CC)ccc1C=2c1ccc(S(=O)(=O)Cl)cc1S(=O)(=O)O. The van der Waals surface area contributed by atoms with Gasteiger partial charge in [0.15, 0.2) is 0 Å². The van der Waals surface area contributed by atoms with E-state index in [1.807, 2.05) is 36.4 Å². The molecule has 1 heterocycles. The Morgan fingerprint density at radius 1 is 0.842 bits per heavy atom. The van der Waals surface area contributed by atoms with Crippen molar-refractivity contribution in [2.24, 2.45) is 0 Å². The van der Waals surface area contributed by atoms with Gasteiger partial charge in [0.25, 0.3) is 19.2 Å². The molecule has 0 atom stereocenters. The van der Waals surface area contributed by atoms with Crippen LogP contribution >= 0.6 is 10.7 Å². The molecule has 4 rings (SSSR count). The number of nitrogens with zero attached hydrogens (tertiary/aromatic N) is 1. The molecular formula is C28H30ClNO6S2. The lowest BCUT2D eigenvalue weighted by Gasteiger charge is -2.26. The quantitative estimate of drug-likeness (QED) is 0.232. The molecule has 1 aliphatic rings. The van der Waals surface area contributed by atoms with Crippen LogP contribution in [0.15, 0.2) is 64.4 Å². The van der Waals surface area contributed by atoms with Gasteiger partial charge in [-0.05, 0) is 68.3 Å². The van der Waals surface area contributed by atoms with Crippen molar-refractivity contribution in [3.05, 3.63) is 76.2 Å². The van der Waals surface area contributed by atoms with Crippen LogP contribution in [0.25, 0.3) is 11.1 Å². The lowest BCUT2D eigenvalue weighted by atomic mass is 9.92. The van der Waals surface area contributed by atoms with Gasteiger partial charge in [0.05, 0.1) is 4.90 Å². The van der Waals surface area contributed by atoms with Crippen molar-refractivity contribution >= 4 is 46.7 Å². The molecule has 0 radical (unpaired) electrons. The smallest absolute Gasteiger partial charge is 0.295 e. The predicted molar refractivity (Wildman–Crippen MR) is 151 cm³/mol. The molecule has 0 saturated heterocycles. The fourth-order valence-electron chi connectivity index (χ4n) is 4.91. The first-order valence-electron chi connectivity index (χ1n) is 12.4. The van der Waals surface area contributed by atoms with Crippen LogP contribution in [0, 0.1) is 0 Å². The Labute approximate surface area is 228 Å². The van der Waals surface area contributed by atoms with Crippen LogP contribution in [0.4, 0.5) is 5.69 Å². The Bertz CT molecular complexity index is 1740. The molecular weight excluding hydrogens is 546 g/mol. The van der Waals surface area contributed by atoms with Crippen LogP contribution in [0.5, 0.6) is 11.5 Å². The first-order valence-corrected chi connectivity index (χ1v) is 16.2. The Morgan fingerprint density at radius 2 is 1.50 bits per heavy atom. The van der Waals surface area contributed by atoms with Crippen LogP contribution in [-0.4, -0.2) is 34.5 Å². The number of hydrogen-bond donors (Lipinski definition) is 1. The molecule has 0 saturated carbocycles. The molecule has 3 aromatic carbocycles. The van der Waals surface area contributed by atoms with Gasteiger partial charge >= 0.3 is 0 Å². The number of halogens is 1. The molecule has 0 unspecified atom stereocenters. The van der Waals surface area contributed by atoms with Crippen molar-refractivity contribution in [2.75, 3.05) is 18.0 Å². The zero-order valence-corrected chi connectivity index (χ0v) is 24.0. The fraction of sp³-hybridized carbons (Fsp3) is 0.286. The first kappa shape index (κ1) is 28.2. The van der Waals surface area contributed by atoms with Gasteiger partial charge in [-0.1, -0.05) is 31.6 Å². The average molecular weight is 576 g/mol. The van der Waals surface area contributed by atoms with Crippen molar-refractivity contribution in [1.29, 1.82) is 0 Å². The van der Waals surface area contributed by atoms with E-state index in [0.29, 0.717) is 27.9 Å². The molecule has 3 aromatic rings. The van der Waals surface area contributed by atoms with Crippen molar-refractivity contribution in [3.63, 3.8) is 0 Å². The monoisotopic (exact) mass is 575 g/mol. The van der Waals surface area contributed by atoms with E-state index in [1.54, 1.807) is 0 Å². The van der Waals surface area contributed by atoms with Gasteiger partial charge < -0.3 is 9.64 Å². The number of benzene rings is 3. The van der Waals surface area contributed by atoms with Crippen molar-refractivity contribution in [2.45, 2.75) is 50.3 Å². The standard InChI is InChI=1S/C28H30ClNO6S2/c1-5-18(6-2)19-9-12-22-25(15-19)36-26-16-20(30(7-3)8-4)10-13-23(26)28(22)24-14-11-21(37(29,31)32)17-27(24)38(33,34)35/h9-17H,5-8H2,1-4H3,(H,33,34,35). The maximum Gasteiger partial charge on any atom is 0.295 e. The molecule has 202 valence electrons. The third kappa shape index (κ3) is 5.33. The van der Waals surface area contributed by atoms with E-state index in [2.05, 4.69) is 32.6 Å². The summed E-state index contributed by atoms with van der Waals surface area (Å²) in [5.74, 6) is 1.07. The van der Waals surface area contributed by atoms with Gasteiger partial charge in [0.1, 0.15) is 16.4 Å². The molecule has 0 fully saturated rings. The van der Waals surface area contributed by atoms with Crippen LogP contribution in [0.3, 0.4) is 0 Å². The van der Waals surface area contributed by atoms with Crippen LogP contribution in [0.1, 0.15) is 51.7 Å². The van der Waals surface area contributed by atoms with Crippen LogP contribution < -0.4 is 20.1 Å². The average Bonchev–Trinajstić information content (AvgIpc) is 2.87. The Kier molecular flexibility index (Phi) is 7.95. The summed E-state index contributed by atoms with van der Waals surface area (Å²) in [6.45, 7) is 9.88. The van der Waals surface area contributed by atoms with Gasteiger partial charge in [0.2, 0.25) is 0 Å². The van der Waals surface area contributed by atoms with Crippen molar-refractivity contribution < 1.29 is 26.1 Å². The second kappa shape index (κ2) is 10.7. The van der Waals surface area contributed by atoms with E-state index < -0.39 is 29.0 Å². The molecule has 0 bridgehead atoms. The fourth-order valence-corrected chi connectivity index (χ4v) is 6.48.